The van der Waals surface area contributed by atoms with Crippen molar-refractivity contribution in [2.45, 2.75) is 18.8 Å². The Balaban J connectivity index is 2.02. The lowest BCUT2D eigenvalue weighted by atomic mass is 10.2. The summed E-state index contributed by atoms with van der Waals surface area (Å²) in [5.41, 5.74) is -0.745. The zero-order valence-electron chi connectivity index (χ0n) is 16.7. The van der Waals surface area contributed by atoms with E-state index in [1.54, 1.807) is 54.6 Å². The summed E-state index contributed by atoms with van der Waals surface area (Å²) in [6.45, 7) is -0.564. The molecule has 3 rings (SSSR count). The molecule has 31 heavy (non-hydrogen) atoms. The largest absolute Gasteiger partial charge is 0.468 e. The SMILES string of the molecule is COC(=O)Cn1c(=O)c(NS(=O)(=O)Cc2ccccc2)cn(Cc2ccccc2)c1=O. The molecule has 0 aliphatic heterocycles. The van der Waals surface area contributed by atoms with E-state index in [0.717, 1.165) is 18.9 Å². The van der Waals surface area contributed by atoms with Gasteiger partial charge >= 0.3 is 11.7 Å². The number of esters is 1. The van der Waals surface area contributed by atoms with Crippen LogP contribution in [0.5, 0.6) is 0 Å². The van der Waals surface area contributed by atoms with Gasteiger partial charge in [-0.1, -0.05) is 60.7 Å². The Morgan fingerprint density at radius 1 is 0.968 bits per heavy atom. The summed E-state index contributed by atoms with van der Waals surface area (Å²) in [6.07, 6.45) is 1.15. The minimum atomic E-state index is -3.96. The van der Waals surface area contributed by atoms with Gasteiger partial charge in [0, 0.05) is 6.20 Å². The Bertz CT molecular complexity index is 1280. The number of methoxy groups -OCH3 is 1. The second-order valence-corrected chi connectivity index (χ2v) is 8.48. The molecule has 1 heterocycles. The molecule has 0 atom stereocenters. The molecule has 1 N–H and O–H groups in total. The predicted molar refractivity (Wildman–Crippen MR) is 115 cm³/mol. The van der Waals surface area contributed by atoms with E-state index in [2.05, 4.69) is 9.46 Å². The summed E-state index contributed by atoms with van der Waals surface area (Å²) >= 11 is 0. The van der Waals surface area contributed by atoms with E-state index < -0.39 is 33.8 Å². The van der Waals surface area contributed by atoms with Crippen molar-refractivity contribution in [1.29, 1.82) is 0 Å². The van der Waals surface area contributed by atoms with Crippen LogP contribution in [0.1, 0.15) is 11.1 Å². The quantitative estimate of drug-likeness (QED) is 0.523. The highest BCUT2D eigenvalue weighted by Gasteiger charge is 2.19. The van der Waals surface area contributed by atoms with Crippen molar-refractivity contribution in [1.82, 2.24) is 9.13 Å². The van der Waals surface area contributed by atoms with Crippen LogP contribution in [-0.4, -0.2) is 30.6 Å². The molecule has 0 spiro atoms. The number of hydrogen-bond acceptors (Lipinski definition) is 6. The van der Waals surface area contributed by atoms with Gasteiger partial charge in [-0.05, 0) is 11.1 Å². The Labute approximate surface area is 178 Å². The Morgan fingerprint density at radius 2 is 1.55 bits per heavy atom. The summed E-state index contributed by atoms with van der Waals surface area (Å²) in [4.78, 5) is 37.3. The number of nitrogens with zero attached hydrogens (tertiary/aromatic N) is 2. The first-order chi connectivity index (χ1) is 14.8. The van der Waals surface area contributed by atoms with Crippen LogP contribution in [0.15, 0.2) is 76.4 Å². The van der Waals surface area contributed by atoms with Crippen LogP contribution < -0.4 is 16.0 Å². The van der Waals surface area contributed by atoms with Gasteiger partial charge in [-0.3, -0.25) is 18.9 Å². The summed E-state index contributed by atoms with van der Waals surface area (Å²) in [5, 5.41) is 0. The number of sulfonamides is 1. The third-order valence-corrected chi connectivity index (χ3v) is 5.66. The van der Waals surface area contributed by atoms with Crippen molar-refractivity contribution in [3.63, 3.8) is 0 Å². The summed E-state index contributed by atoms with van der Waals surface area (Å²) in [5.74, 6) is -1.17. The molecular formula is C21H21N3O6S. The van der Waals surface area contributed by atoms with Gasteiger partial charge in [0.2, 0.25) is 10.0 Å². The topological polar surface area (TPSA) is 116 Å². The van der Waals surface area contributed by atoms with Crippen molar-refractivity contribution in [3.05, 3.63) is 98.8 Å². The molecule has 0 radical (unpaired) electrons. The molecule has 0 amide bonds. The van der Waals surface area contributed by atoms with Crippen LogP contribution in [0.4, 0.5) is 5.69 Å². The summed E-state index contributed by atoms with van der Waals surface area (Å²) < 4.78 is 33.9. The Morgan fingerprint density at radius 3 is 2.13 bits per heavy atom. The molecule has 0 saturated carbocycles. The highest BCUT2D eigenvalue weighted by atomic mass is 32.2. The molecule has 3 aromatic rings. The second-order valence-electron chi connectivity index (χ2n) is 6.75. The van der Waals surface area contributed by atoms with Crippen molar-refractivity contribution >= 4 is 21.7 Å². The maximum absolute atomic E-state index is 12.8. The molecule has 1 aromatic heterocycles. The molecule has 0 aliphatic rings. The Hall–Kier alpha value is -3.66. The summed E-state index contributed by atoms with van der Waals surface area (Å²) in [6, 6.07) is 17.4. The van der Waals surface area contributed by atoms with Crippen LogP contribution in [0.3, 0.4) is 0 Å². The minimum Gasteiger partial charge on any atom is -0.468 e. The molecule has 162 valence electrons. The molecule has 0 bridgehead atoms. The van der Waals surface area contributed by atoms with Gasteiger partial charge in [0.1, 0.15) is 12.2 Å². The first kappa shape index (κ1) is 22.0. The van der Waals surface area contributed by atoms with Crippen molar-refractivity contribution < 1.29 is 17.9 Å². The van der Waals surface area contributed by atoms with Crippen LogP contribution >= 0.6 is 0 Å². The first-order valence-electron chi connectivity index (χ1n) is 9.28. The molecular weight excluding hydrogens is 422 g/mol. The summed E-state index contributed by atoms with van der Waals surface area (Å²) in [7, 11) is -2.83. The lowest BCUT2D eigenvalue weighted by molar-refractivity contribution is -0.141. The lowest BCUT2D eigenvalue weighted by Crippen LogP contribution is -2.43. The third kappa shape index (κ3) is 5.70. The number of hydrogen-bond donors (Lipinski definition) is 1. The zero-order chi connectivity index (χ0) is 22.4. The number of carbonyl (C=O) groups excluding carboxylic acids is 1. The fourth-order valence-corrected chi connectivity index (χ4v) is 4.13. The number of ether oxygens (including phenoxy) is 1. The fourth-order valence-electron chi connectivity index (χ4n) is 2.95. The van der Waals surface area contributed by atoms with Gasteiger partial charge in [-0.2, -0.15) is 0 Å². The third-order valence-electron chi connectivity index (χ3n) is 4.41. The smallest absolute Gasteiger partial charge is 0.331 e. The van der Waals surface area contributed by atoms with Crippen LogP contribution in [0.2, 0.25) is 0 Å². The molecule has 2 aromatic carbocycles. The van der Waals surface area contributed by atoms with Gasteiger partial charge < -0.3 is 4.74 Å². The minimum absolute atomic E-state index is 0.0779. The highest BCUT2D eigenvalue weighted by molar-refractivity contribution is 7.91. The molecule has 10 heteroatoms. The van der Waals surface area contributed by atoms with Gasteiger partial charge in [0.05, 0.1) is 19.4 Å². The number of benzene rings is 2. The lowest BCUT2D eigenvalue weighted by Gasteiger charge is -2.14. The Kier molecular flexibility index (Phi) is 6.71. The normalized spacial score (nSPS) is 11.1. The van der Waals surface area contributed by atoms with Gasteiger partial charge in [0.25, 0.3) is 5.56 Å². The number of anilines is 1. The van der Waals surface area contributed by atoms with E-state index in [9.17, 15) is 22.8 Å². The van der Waals surface area contributed by atoms with Crippen molar-refractivity contribution in [2.24, 2.45) is 0 Å². The van der Waals surface area contributed by atoms with Gasteiger partial charge in [0.15, 0.2) is 0 Å². The fraction of sp³-hybridized carbons (Fsp3) is 0.190. The average Bonchev–Trinajstić information content (AvgIpc) is 2.75. The second kappa shape index (κ2) is 9.43. The van der Waals surface area contributed by atoms with Gasteiger partial charge in [-0.25, -0.2) is 17.8 Å². The van der Waals surface area contributed by atoms with Crippen LogP contribution in [-0.2, 0) is 38.4 Å². The predicted octanol–water partition coefficient (Wildman–Crippen LogP) is 1.17. The molecule has 0 unspecified atom stereocenters. The van der Waals surface area contributed by atoms with E-state index in [1.165, 1.54) is 4.57 Å². The molecule has 0 fully saturated rings. The monoisotopic (exact) mass is 443 g/mol. The number of nitrogens with one attached hydrogen (secondary N) is 1. The standard InChI is InChI=1S/C21H21N3O6S/c1-30-19(25)14-24-20(26)18(22-31(28,29)15-17-10-6-3-7-11-17)13-23(21(24)27)12-16-8-4-2-5-9-16/h2-11,13,22H,12,14-15H2,1H3. The maximum atomic E-state index is 12.8. The van der Waals surface area contributed by atoms with E-state index >= 15 is 0 Å². The molecule has 0 aliphatic carbocycles. The van der Waals surface area contributed by atoms with E-state index in [1.807, 2.05) is 6.07 Å². The number of rotatable bonds is 8. The van der Waals surface area contributed by atoms with Crippen molar-refractivity contribution in [3.8, 4) is 0 Å². The average molecular weight is 443 g/mol. The zero-order valence-corrected chi connectivity index (χ0v) is 17.5. The number of aromatic nitrogens is 2. The van der Waals surface area contributed by atoms with E-state index in [0.29, 0.717) is 10.1 Å². The maximum Gasteiger partial charge on any atom is 0.331 e. The van der Waals surface area contributed by atoms with Gasteiger partial charge in [-0.15, -0.1) is 0 Å². The van der Waals surface area contributed by atoms with E-state index in [4.69, 9.17) is 0 Å². The molecule has 9 nitrogen and oxygen atoms in total. The van der Waals surface area contributed by atoms with E-state index in [-0.39, 0.29) is 18.0 Å². The van der Waals surface area contributed by atoms with Crippen LogP contribution in [0, 0.1) is 0 Å². The van der Waals surface area contributed by atoms with Crippen LogP contribution in [0.25, 0.3) is 0 Å². The van der Waals surface area contributed by atoms with Crippen molar-refractivity contribution in [2.75, 3.05) is 11.8 Å². The highest BCUT2D eigenvalue weighted by Crippen LogP contribution is 2.10. The molecule has 0 saturated heterocycles. The first-order valence-corrected chi connectivity index (χ1v) is 10.9. The number of carbonyl (C=O) groups is 1.